The second kappa shape index (κ2) is 10.8. The predicted octanol–water partition coefficient (Wildman–Crippen LogP) is 13.1. The number of fused-ring (bicyclic) bond motifs is 9. The van der Waals surface area contributed by atoms with E-state index < -0.39 is 0 Å². The third-order valence-corrected chi connectivity index (χ3v) is 10.5. The Hall–Kier alpha value is -6.84. The molecule has 11 aromatic rings. The van der Waals surface area contributed by atoms with Crippen LogP contribution in [0.3, 0.4) is 0 Å². The summed E-state index contributed by atoms with van der Waals surface area (Å²) in [6, 6.07) is 65.4. The van der Waals surface area contributed by atoms with Crippen LogP contribution in [-0.2, 0) is 0 Å². The van der Waals surface area contributed by atoms with Gasteiger partial charge in [0.15, 0.2) is 0 Å². The summed E-state index contributed by atoms with van der Waals surface area (Å²) in [5.41, 5.74) is 13.3. The van der Waals surface area contributed by atoms with Crippen LogP contribution >= 0.6 is 0 Å². The fourth-order valence-corrected chi connectivity index (χ4v) is 8.26. The Morgan fingerprint density at radius 2 is 0.882 bits per heavy atom. The summed E-state index contributed by atoms with van der Waals surface area (Å²) in [7, 11) is 0. The van der Waals surface area contributed by atoms with E-state index in [1.807, 2.05) is 0 Å². The van der Waals surface area contributed by atoms with Gasteiger partial charge < -0.3 is 13.6 Å². The molecule has 0 bridgehead atoms. The Kier molecular flexibility index (Phi) is 5.96. The van der Waals surface area contributed by atoms with Crippen LogP contribution in [0.1, 0.15) is 0 Å². The average molecular weight is 651 g/mol. The minimum atomic E-state index is 0.883. The van der Waals surface area contributed by atoms with Gasteiger partial charge in [-0.1, -0.05) is 133 Å². The molecular formula is C48H30N2O. The molecule has 0 fully saturated rings. The number of benzene rings is 8. The van der Waals surface area contributed by atoms with Crippen LogP contribution in [0.5, 0.6) is 0 Å². The maximum absolute atomic E-state index is 6.78. The van der Waals surface area contributed by atoms with E-state index in [-0.39, 0.29) is 0 Å². The highest BCUT2D eigenvalue weighted by atomic mass is 16.3. The zero-order valence-corrected chi connectivity index (χ0v) is 27.6. The Morgan fingerprint density at radius 3 is 1.57 bits per heavy atom. The molecule has 0 amide bonds. The number of hydrogen-bond acceptors (Lipinski definition) is 1. The predicted molar refractivity (Wildman–Crippen MR) is 213 cm³/mol. The first-order chi connectivity index (χ1) is 25.3. The topological polar surface area (TPSA) is 23.0 Å². The van der Waals surface area contributed by atoms with E-state index in [4.69, 9.17) is 4.42 Å². The maximum Gasteiger partial charge on any atom is 0.145 e. The van der Waals surface area contributed by atoms with Crippen molar-refractivity contribution in [1.29, 1.82) is 0 Å². The molecule has 0 radical (unpaired) electrons. The van der Waals surface area contributed by atoms with Crippen LogP contribution in [0.25, 0.3) is 99.2 Å². The van der Waals surface area contributed by atoms with Gasteiger partial charge in [0.2, 0.25) is 0 Å². The van der Waals surface area contributed by atoms with Crippen molar-refractivity contribution in [2.24, 2.45) is 0 Å². The van der Waals surface area contributed by atoms with Gasteiger partial charge in [-0.15, -0.1) is 0 Å². The summed E-state index contributed by atoms with van der Waals surface area (Å²) in [5, 5.41) is 7.18. The zero-order chi connectivity index (χ0) is 33.5. The Labute approximate surface area is 293 Å². The first-order valence-electron chi connectivity index (χ1n) is 17.4. The lowest BCUT2D eigenvalue weighted by molar-refractivity contribution is 0.670. The maximum atomic E-state index is 6.78. The molecule has 11 rings (SSSR count). The second-order valence-corrected chi connectivity index (χ2v) is 13.3. The lowest BCUT2D eigenvalue weighted by Gasteiger charge is -2.14. The van der Waals surface area contributed by atoms with E-state index in [9.17, 15) is 0 Å². The molecule has 3 aromatic heterocycles. The monoisotopic (exact) mass is 650 g/mol. The molecule has 3 heteroatoms. The fraction of sp³-hybridized carbons (Fsp3) is 0. The molecule has 0 atom stereocenters. The van der Waals surface area contributed by atoms with Crippen LogP contribution in [0.4, 0.5) is 0 Å². The summed E-state index contributed by atoms with van der Waals surface area (Å²) >= 11 is 0. The SMILES string of the molecule is c1ccc(-c2ccc(-c3ccc(-n4c5ccccc5c5ccc(-n6c7ccccc7c7ccccc76)cc54)c4c3oc3ccccc34)cc2)cc1. The molecule has 0 aliphatic carbocycles. The third kappa shape index (κ3) is 4.12. The third-order valence-electron chi connectivity index (χ3n) is 10.5. The van der Waals surface area contributed by atoms with Crippen LogP contribution in [0, 0.1) is 0 Å². The Bertz CT molecular complexity index is 3070. The molecule has 0 aliphatic heterocycles. The molecule has 3 heterocycles. The smallest absolute Gasteiger partial charge is 0.145 e. The highest BCUT2D eigenvalue weighted by molar-refractivity contribution is 6.17. The van der Waals surface area contributed by atoms with Crippen molar-refractivity contribution in [2.45, 2.75) is 0 Å². The van der Waals surface area contributed by atoms with E-state index in [2.05, 4.69) is 191 Å². The molecule has 3 nitrogen and oxygen atoms in total. The normalized spacial score (nSPS) is 11.9. The van der Waals surface area contributed by atoms with Crippen molar-refractivity contribution in [1.82, 2.24) is 9.13 Å². The highest BCUT2D eigenvalue weighted by Gasteiger charge is 2.21. The molecule has 51 heavy (non-hydrogen) atoms. The molecule has 238 valence electrons. The summed E-state index contributed by atoms with van der Waals surface area (Å²) in [6.45, 7) is 0. The number of furan rings is 1. The molecule has 0 saturated heterocycles. The fourth-order valence-electron chi connectivity index (χ4n) is 8.26. The number of hydrogen-bond donors (Lipinski definition) is 0. The first kappa shape index (κ1) is 28.0. The van der Waals surface area contributed by atoms with Crippen LogP contribution in [0.15, 0.2) is 186 Å². The number of nitrogens with zero attached hydrogens (tertiary/aromatic N) is 2. The molecular weight excluding hydrogens is 621 g/mol. The molecule has 0 aliphatic rings. The number of rotatable bonds is 4. The summed E-state index contributed by atoms with van der Waals surface area (Å²) in [5.74, 6) is 0. The van der Waals surface area contributed by atoms with Gasteiger partial charge >= 0.3 is 0 Å². The summed E-state index contributed by atoms with van der Waals surface area (Å²) in [6.07, 6.45) is 0. The summed E-state index contributed by atoms with van der Waals surface area (Å²) in [4.78, 5) is 0. The quantitative estimate of drug-likeness (QED) is 0.186. The van der Waals surface area contributed by atoms with Gasteiger partial charge in [-0.2, -0.15) is 0 Å². The van der Waals surface area contributed by atoms with Crippen molar-refractivity contribution in [3.05, 3.63) is 182 Å². The largest absolute Gasteiger partial charge is 0.455 e. The molecule has 0 spiro atoms. The molecule has 0 N–H and O–H groups in total. The van der Waals surface area contributed by atoms with Crippen LogP contribution in [0.2, 0.25) is 0 Å². The van der Waals surface area contributed by atoms with Crippen molar-refractivity contribution in [3.63, 3.8) is 0 Å². The first-order valence-corrected chi connectivity index (χ1v) is 17.4. The van der Waals surface area contributed by atoms with Crippen LogP contribution in [-0.4, -0.2) is 9.13 Å². The van der Waals surface area contributed by atoms with Crippen molar-refractivity contribution >= 4 is 65.6 Å². The molecule has 0 saturated carbocycles. The second-order valence-electron chi connectivity index (χ2n) is 13.3. The van der Waals surface area contributed by atoms with E-state index in [1.165, 1.54) is 49.2 Å². The average Bonchev–Trinajstić information content (AvgIpc) is 3.86. The van der Waals surface area contributed by atoms with Gasteiger partial charge in [0.05, 0.1) is 33.1 Å². The van der Waals surface area contributed by atoms with Crippen molar-refractivity contribution in [2.75, 3.05) is 0 Å². The minimum Gasteiger partial charge on any atom is -0.455 e. The molecule has 8 aromatic carbocycles. The van der Waals surface area contributed by atoms with E-state index >= 15 is 0 Å². The zero-order valence-electron chi connectivity index (χ0n) is 27.6. The van der Waals surface area contributed by atoms with Crippen LogP contribution < -0.4 is 0 Å². The lowest BCUT2D eigenvalue weighted by Crippen LogP contribution is -1.98. The minimum absolute atomic E-state index is 0.883. The van der Waals surface area contributed by atoms with Crippen molar-refractivity contribution < 1.29 is 4.42 Å². The van der Waals surface area contributed by atoms with Gasteiger partial charge in [0.1, 0.15) is 11.2 Å². The molecule has 0 unspecified atom stereocenters. The van der Waals surface area contributed by atoms with Gasteiger partial charge in [-0.3, -0.25) is 0 Å². The lowest BCUT2D eigenvalue weighted by atomic mass is 9.98. The van der Waals surface area contributed by atoms with E-state index in [0.717, 1.165) is 50.0 Å². The Morgan fingerprint density at radius 1 is 0.353 bits per heavy atom. The van der Waals surface area contributed by atoms with Gasteiger partial charge in [-0.05, 0) is 65.2 Å². The Balaban J connectivity index is 1.19. The number of para-hydroxylation sites is 4. The van der Waals surface area contributed by atoms with Gasteiger partial charge in [0, 0.05) is 38.2 Å². The highest BCUT2D eigenvalue weighted by Crippen LogP contribution is 2.43. The van der Waals surface area contributed by atoms with E-state index in [1.54, 1.807) is 0 Å². The van der Waals surface area contributed by atoms with Gasteiger partial charge in [0.25, 0.3) is 0 Å². The standard InChI is InChI=1S/C48H30N2O/c1-2-12-31(13-3-1)32-22-24-33(25-23-32)35-28-29-44(47-40-17-7-11-21-46(40)51-48(35)47)50-43-20-10-6-16-38(43)39-27-26-34(30-45(39)50)49-41-18-8-4-14-36(41)37-15-5-9-19-42(37)49/h1-30H. The van der Waals surface area contributed by atoms with Gasteiger partial charge in [-0.25, -0.2) is 0 Å². The summed E-state index contributed by atoms with van der Waals surface area (Å²) < 4.78 is 11.6. The number of aromatic nitrogens is 2. The van der Waals surface area contributed by atoms with Crippen molar-refractivity contribution in [3.8, 4) is 33.6 Å². The van der Waals surface area contributed by atoms with E-state index in [0.29, 0.717) is 0 Å².